The molecule has 1 aromatic heterocycles. The second-order valence-corrected chi connectivity index (χ2v) is 8.90. The van der Waals surface area contributed by atoms with E-state index in [9.17, 15) is 4.79 Å². The Morgan fingerprint density at radius 3 is 2.76 bits per heavy atom. The Morgan fingerprint density at radius 2 is 1.93 bits per heavy atom. The van der Waals surface area contributed by atoms with E-state index in [1.807, 2.05) is 6.07 Å². The standard InChI is InChI=1S/C22H26N2O4S/c1-14(25)23-22-20(16-4-2-3-5-19(16)29-22)21(24-8-10-26-11-9-24)15-6-7-17-18(12-15)28-13-27-17/h6-7,12,21H,2-5,8-11,13H2,1H3,(H,23,25). The lowest BCUT2D eigenvalue weighted by Crippen LogP contribution is -2.40. The van der Waals surface area contributed by atoms with Crippen molar-refractivity contribution in [3.8, 4) is 11.5 Å². The molecule has 1 amide bonds. The third kappa shape index (κ3) is 3.63. The third-order valence-electron chi connectivity index (χ3n) is 5.90. The molecule has 0 spiro atoms. The average molecular weight is 415 g/mol. The number of carbonyl (C=O) groups excluding carboxylic acids is 1. The van der Waals surface area contributed by atoms with Gasteiger partial charge in [-0.3, -0.25) is 9.69 Å². The third-order valence-corrected chi connectivity index (χ3v) is 7.12. The van der Waals surface area contributed by atoms with Gasteiger partial charge >= 0.3 is 0 Å². The summed E-state index contributed by atoms with van der Waals surface area (Å²) in [6.07, 6.45) is 4.60. The summed E-state index contributed by atoms with van der Waals surface area (Å²) in [5, 5.41) is 4.14. The zero-order valence-electron chi connectivity index (χ0n) is 16.7. The number of hydrogen-bond acceptors (Lipinski definition) is 6. The van der Waals surface area contributed by atoms with Gasteiger partial charge in [0.25, 0.3) is 0 Å². The lowest BCUT2D eigenvalue weighted by Gasteiger charge is -2.36. The molecule has 0 bridgehead atoms. The Kier molecular flexibility index (Phi) is 5.20. The number of aryl methyl sites for hydroxylation is 1. The average Bonchev–Trinajstić information content (AvgIpc) is 3.33. The molecule has 154 valence electrons. The van der Waals surface area contributed by atoms with Crippen LogP contribution in [-0.4, -0.2) is 43.9 Å². The fourth-order valence-corrected chi connectivity index (χ4v) is 5.98. The lowest BCUT2D eigenvalue weighted by atomic mass is 9.88. The van der Waals surface area contributed by atoms with Crippen molar-refractivity contribution in [3.63, 3.8) is 0 Å². The van der Waals surface area contributed by atoms with Crippen LogP contribution in [0.25, 0.3) is 0 Å². The normalized spacial score (nSPS) is 19.6. The Labute approximate surface area is 174 Å². The molecule has 1 saturated heterocycles. The van der Waals surface area contributed by atoms with Crippen molar-refractivity contribution >= 4 is 22.2 Å². The summed E-state index contributed by atoms with van der Waals surface area (Å²) in [5.74, 6) is 1.58. The Balaban J connectivity index is 1.64. The summed E-state index contributed by atoms with van der Waals surface area (Å²) in [5.41, 5.74) is 3.87. The molecule has 2 aromatic rings. The molecule has 3 heterocycles. The fraction of sp³-hybridized carbons (Fsp3) is 0.500. The van der Waals surface area contributed by atoms with Gasteiger partial charge in [-0.25, -0.2) is 0 Å². The number of morpholine rings is 1. The first-order valence-electron chi connectivity index (χ1n) is 10.3. The van der Waals surface area contributed by atoms with Gasteiger partial charge in [-0.1, -0.05) is 6.07 Å². The molecule has 1 aliphatic carbocycles. The van der Waals surface area contributed by atoms with Gasteiger partial charge in [0.05, 0.1) is 19.3 Å². The largest absolute Gasteiger partial charge is 0.454 e. The van der Waals surface area contributed by atoms with Gasteiger partial charge in [-0.15, -0.1) is 11.3 Å². The van der Waals surface area contributed by atoms with Gasteiger partial charge in [0.1, 0.15) is 5.00 Å². The number of ether oxygens (including phenoxy) is 3. The molecule has 2 aliphatic heterocycles. The maximum absolute atomic E-state index is 12.0. The first-order chi connectivity index (χ1) is 14.2. The molecular formula is C22H26N2O4S. The van der Waals surface area contributed by atoms with Gasteiger partial charge in [0, 0.05) is 30.5 Å². The van der Waals surface area contributed by atoms with Crippen molar-refractivity contribution in [1.29, 1.82) is 0 Å². The smallest absolute Gasteiger partial charge is 0.231 e. The summed E-state index contributed by atoms with van der Waals surface area (Å²) in [6.45, 7) is 5.04. The maximum Gasteiger partial charge on any atom is 0.231 e. The van der Waals surface area contributed by atoms with Gasteiger partial charge in [0.2, 0.25) is 12.7 Å². The van der Waals surface area contributed by atoms with Gasteiger partial charge < -0.3 is 19.5 Å². The number of benzene rings is 1. The van der Waals surface area contributed by atoms with E-state index >= 15 is 0 Å². The number of anilines is 1. The lowest BCUT2D eigenvalue weighted by molar-refractivity contribution is -0.114. The second kappa shape index (κ2) is 7.97. The molecule has 1 N–H and O–H groups in total. The summed E-state index contributed by atoms with van der Waals surface area (Å²) >= 11 is 1.76. The first-order valence-corrected chi connectivity index (χ1v) is 11.2. The van der Waals surface area contributed by atoms with Crippen LogP contribution < -0.4 is 14.8 Å². The highest BCUT2D eigenvalue weighted by Gasteiger charge is 2.33. The van der Waals surface area contributed by atoms with Crippen LogP contribution in [0.2, 0.25) is 0 Å². The van der Waals surface area contributed by atoms with E-state index in [0.717, 1.165) is 55.6 Å². The number of fused-ring (bicyclic) bond motifs is 2. The highest BCUT2D eigenvalue weighted by molar-refractivity contribution is 7.16. The predicted octanol–water partition coefficient (Wildman–Crippen LogP) is 3.74. The minimum atomic E-state index is -0.0174. The summed E-state index contributed by atoms with van der Waals surface area (Å²) in [7, 11) is 0. The Morgan fingerprint density at radius 1 is 1.14 bits per heavy atom. The monoisotopic (exact) mass is 414 g/mol. The number of nitrogens with one attached hydrogen (secondary N) is 1. The second-order valence-electron chi connectivity index (χ2n) is 7.80. The minimum Gasteiger partial charge on any atom is -0.454 e. The van der Waals surface area contributed by atoms with Crippen LogP contribution in [-0.2, 0) is 22.4 Å². The van der Waals surface area contributed by atoms with E-state index in [2.05, 4.69) is 22.3 Å². The molecule has 3 aliphatic rings. The van der Waals surface area contributed by atoms with E-state index < -0.39 is 0 Å². The van der Waals surface area contributed by atoms with Crippen LogP contribution in [0, 0.1) is 0 Å². The number of rotatable bonds is 4. The van der Waals surface area contributed by atoms with Crippen LogP contribution in [0.3, 0.4) is 0 Å². The van der Waals surface area contributed by atoms with E-state index in [4.69, 9.17) is 14.2 Å². The zero-order valence-corrected chi connectivity index (χ0v) is 17.5. The molecular weight excluding hydrogens is 388 g/mol. The molecule has 5 rings (SSSR count). The zero-order chi connectivity index (χ0) is 19.8. The number of thiophene rings is 1. The van der Waals surface area contributed by atoms with Crippen LogP contribution in [0.1, 0.15) is 47.4 Å². The van der Waals surface area contributed by atoms with E-state index in [1.165, 1.54) is 34.4 Å². The number of carbonyl (C=O) groups is 1. The molecule has 29 heavy (non-hydrogen) atoms. The highest BCUT2D eigenvalue weighted by Crippen LogP contribution is 2.47. The highest BCUT2D eigenvalue weighted by atomic mass is 32.1. The molecule has 1 atom stereocenters. The quantitative estimate of drug-likeness (QED) is 0.826. The molecule has 0 saturated carbocycles. The number of amides is 1. The molecule has 0 radical (unpaired) electrons. The van der Waals surface area contributed by atoms with Gasteiger partial charge in [-0.05, 0) is 48.9 Å². The predicted molar refractivity (Wildman–Crippen MR) is 112 cm³/mol. The molecule has 6 nitrogen and oxygen atoms in total. The Bertz CT molecular complexity index is 920. The van der Waals surface area contributed by atoms with Crippen LogP contribution in [0.4, 0.5) is 5.00 Å². The SMILES string of the molecule is CC(=O)Nc1sc2c(c1C(c1ccc3c(c1)OCO3)N1CCOCC1)CCCC2. The van der Waals surface area contributed by atoms with E-state index in [-0.39, 0.29) is 18.7 Å². The van der Waals surface area contributed by atoms with Gasteiger partial charge in [0.15, 0.2) is 11.5 Å². The summed E-state index contributed by atoms with van der Waals surface area (Å²) < 4.78 is 16.8. The van der Waals surface area contributed by atoms with Crippen molar-refractivity contribution in [1.82, 2.24) is 4.90 Å². The molecule has 1 fully saturated rings. The topological polar surface area (TPSA) is 60.0 Å². The van der Waals surface area contributed by atoms with Crippen molar-refractivity contribution in [3.05, 3.63) is 39.8 Å². The minimum absolute atomic E-state index is 0.0174. The summed E-state index contributed by atoms with van der Waals surface area (Å²) in [4.78, 5) is 15.9. The van der Waals surface area contributed by atoms with Crippen LogP contribution >= 0.6 is 11.3 Å². The van der Waals surface area contributed by atoms with Crippen molar-refractivity contribution < 1.29 is 19.0 Å². The molecule has 1 aromatic carbocycles. The molecule has 7 heteroatoms. The van der Waals surface area contributed by atoms with E-state index in [0.29, 0.717) is 0 Å². The van der Waals surface area contributed by atoms with Crippen molar-refractivity contribution in [2.24, 2.45) is 0 Å². The maximum atomic E-state index is 12.0. The fourth-order valence-electron chi connectivity index (χ4n) is 4.61. The first kappa shape index (κ1) is 18.9. The van der Waals surface area contributed by atoms with Crippen LogP contribution in [0.5, 0.6) is 11.5 Å². The number of nitrogens with zero attached hydrogens (tertiary/aromatic N) is 1. The Hall–Kier alpha value is -2.09. The summed E-state index contributed by atoms with van der Waals surface area (Å²) in [6, 6.07) is 6.31. The van der Waals surface area contributed by atoms with E-state index in [1.54, 1.807) is 18.3 Å². The molecule has 1 unspecified atom stereocenters. The van der Waals surface area contributed by atoms with Gasteiger partial charge in [-0.2, -0.15) is 0 Å². The number of hydrogen-bond donors (Lipinski definition) is 1. The van der Waals surface area contributed by atoms with Crippen LogP contribution in [0.15, 0.2) is 18.2 Å². The van der Waals surface area contributed by atoms with Crippen molar-refractivity contribution in [2.45, 2.75) is 38.6 Å². The van der Waals surface area contributed by atoms with Crippen molar-refractivity contribution in [2.75, 3.05) is 38.4 Å².